The maximum absolute atomic E-state index is 13.2. The maximum atomic E-state index is 13.2. The lowest BCUT2D eigenvalue weighted by Gasteiger charge is -2.07. The summed E-state index contributed by atoms with van der Waals surface area (Å²) >= 11 is 1.41. The minimum atomic E-state index is -0.286. The quantitative estimate of drug-likeness (QED) is 0.395. The Morgan fingerprint density at radius 1 is 0.871 bits per heavy atom. The molecule has 2 aromatic heterocycles. The van der Waals surface area contributed by atoms with E-state index >= 15 is 0 Å². The van der Waals surface area contributed by atoms with E-state index in [2.05, 4.69) is 15.3 Å². The Bertz CT molecular complexity index is 1310. The lowest BCUT2D eigenvalue weighted by Crippen LogP contribution is -2.02. The molecule has 2 heterocycles. The number of hydrogen-bond donors (Lipinski definition) is 1. The van der Waals surface area contributed by atoms with E-state index in [1.165, 1.54) is 23.5 Å². The van der Waals surface area contributed by atoms with E-state index in [1.807, 2.05) is 60.0 Å². The van der Waals surface area contributed by atoms with E-state index in [1.54, 1.807) is 16.8 Å². The summed E-state index contributed by atoms with van der Waals surface area (Å²) in [6, 6.07) is 23.2. The first-order chi connectivity index (χ1) is 15.2. The molecular formula is C23H16FN5OS. The van der Waals surface area contributed by atoms with Crippen LogP contribution in [0.25, 0.3) is 27.6 Å². The van der Waals surface area contributed by atoms with Gasteiger partial charge in [0, 0.05) is 10.9 Å². The number of para-hydroxylation sites is 1. The molecule has 0 spiro atoms. The van der Waals surface area contributed by atoms with Gasteiger partial charge in [0.2, 0.25) is 0 Å². The summed E-state index contributed by atoms with van der Waals surface area (Å²) < 4.78 is 20.5. The van der Waals surface area contributed by atoms with Crippen molar-refractivity contribution in [3.63, 3.8) is 0 Å². The molecule has 0 atom stereocenters. The van der Waals surface area contributed by atoms with Gasteiger partial charge in [-0.15, -0.1) is 16.4 Å². The van der Waals surface area contributed by atoms with Crippen molar-refractivity contribution in [2.24, 2.45) is 0 Å². The fraction of sp³-hybridized carbons (Fsp3) is 0. The fourth-order valence-electron chi connectivity index (χ4n) is 3.05. The van der Waals surface area contributed by atoms with E-state index in [0.29, 0.717) is 22.3 Å². The average Bonchev–Trinajstić information content (AvgIpc) is 3.42. The van der Waals surface area contributed by atoms with E-state index < -0.39 is 0 Å². The zero-order valence-corrected chi connectivity index (χ0v) is 17.0. The van der Waals surface area contributed by atoms with E-state index in [9.17, 15) is 4.39 Å². The van der Waals surface area contributed by atoms with Gasteiger partial charge in [0.25, 0.3) is 0 Å². The van der Waals surface area contributed by atoms with Gasteiger partial charge in [-0.3, -0.25) is 0 Å². The molecule has 8 heteroatoms. The highest BCUT2D eigenvalue weighted by molar-refractivity contribution is 7.13. The fourth-order valence-corrected chi connectivity index (χ4v) is 3.87. The van der Waals surface area contributed by atoms with Crippen LogP contribution in [0, 0.1) is 5.82 Å². The van der Waals surface area contributed by atoms with Crippen LogP contribution in [0.2, 0.25) is 0 Å². The van der Waals surface area contributed by atoms with Gasteiger partial charge in [-0.25, -0.2) is 9.37 Å². The number of anilines is 1. The Kier molecular flexibility index (Phi) is 4.89. The molecule has 6 nitrogen and oxygen atoms in total. The average molecular weight is 429 g/mol. The highest BCUT2D eigenvalue weighted by Crippen LogP contribution is 2.32. The molecule has 0 aliphatic carbocycles. The van der Waals surface area contributed by atoms with Crippen molar-refractivity contribution in [2.45, 2.75) is 0 Å². The lowest BCUT2D eigenvalue weighted by atomic mass is 10.2. The van der Waals surface area contributed by atoms with Gasteiger partial charge < -0.3 is 10.5 Å². The van der Waals surface area contributed by atoms with Crippen molar-refractivity contribution < 1.29 is 9.13 Å². The summed E-state index contributed by atoms with van der Waals surface area (Å²) in [6.07, 6.45) is 0. The second-order valence-corrected chi connectivity index (χ2v) is 7.55. The molecule has 152 valence electrons. The molecule has 0 unspecified atom stereocenters. The molecule has 0 saturated carbocycles. The third kappa shape index (κ3) is 3.88. The Morgan fingerprint density at radius 3 is 2.32 bits per heavy atom. The number of nitrogens with two attached hydrogens (primary N) is 1. The monoisotopic (exact) mass is 429 g/mol. The Labute approximate surface area is 181 Å². The Hall–Kier alpha value is -4.04. The molecule has 0 radical (unpaired) electrons. The SMILES string of the molecule is Nc1c(-c2nc(-c3ccc(F)cc3)cs2)nnn1-c1ccc(Oc2ccccc2)cc1. The molecule has 5 aromatic rings. The summed E-state index contributed by atoms with van der Waals surface area (Å²) in [5.41, 5.74) is 9.14. The molecule has 0 bridgehead atoms. The standard InChI is InChI=1S/C23H16FN5OS/c24-16-8-6-15(7-9-16)20-14-31-23(26-20)21-22(25)29(28-27-21)17-10-12-19(13-11-17)30-18-4-2-1-3-5-18/h1-14H,25H2. The number of nitrogen functional groups attached to an aromatic ring is 1. The molecule has 0 fully saturated rings. The molecule has 0 amide bonds. The Morgan fingerprint density at radius 2 is 1.58 bits per heavy atom. The van der Waals surface area contributed by atoms with Gasteiger partial charge in [-0.2, -0.15) is 4.68 Å². The van der Waals surface area contributed by atoms with E-state index in [-0.39, 0.29) is 5.82 Å². The molecule has 2 N–H and O–H groups in total. The van der Waals surface area contributed by atoms with Gasteiger partial charge in [0.1, 0.15) is 22.3 Å². The molecule has 31 heavy (non-hydrogen) atoms. The predicted molar refractivity (Wildman–Crippen MR) is 119 cm³/mol. The third-order valence-corrected chi connectivity index (χ3v) is 5.46. The number of benzene rings is 3. The van der Waals surface area contributed by atoms with Crippen LogP contribution < -0.4 is 10.5 Å². The van der Waals surface area contributed by atoms with Crippen LogP contribution in [-0.4, -0.2) is 20.0 Å². The first-order valence-electron chi connectivity index (χ1n) is 9.44. The number of aromatic nitrogens is 4. The molecule has 3 aromatic carbocycles. The second kappa shape index (κ2) is 8.00. The predicted octanol–water partition coefficient (Wildman–Crippen LogP) is 5.57. The molecule has 0 aliphatic rings. The summed E-state index contributed by atoms with van der Waals surface area (Å²) in [4.78, 5) is 4.59. The number of hydrogen-bond acceptors (Lipinski definition) is 6. The van der Waals surface area contributed by atoms with Gasteiger partial charge in [0.05, 0.1) is 11.4 Å². The van der Waals surface area contributed by atoms with Gasteiger partial charge in [-0.05, 0) is 60.7 Å². The summed E-state index contributed by atoms with van der Waals surface area (Å²) in [6.45, 7) is 0. The zero-order valence-electron chi connectivity index (χ0n) is 16.1. The number of nitrogens with zero attached hydrogens (tertiary/aromatic N) is 4. The zero-order chi connectivity index (χ0) is 21.2. The molecule has 5 rings (SSSR count). The first kappa shape index (κ1) is 19.0. The summed E-state index contributed by atoms with van der Waals surface area (Å²) in [5, 5.41) is 10.9. The van der Waals surface area contributed by atoms with Crippen molar-refractivity contribution >= 4 is 17.2 Å². The highest BCUT2D eigenvalue weighted by atomic mass is 32.1. The number of rotatable bonds is 5. The lowest BCUT2D eigenvalue weighted by molar-refractivity contribution is 0.482. The second-order valence-electron chi connectivity index (χ2n) is 6.69. The van der Waals surface area contributed by atoms with Gasteiger partial charge in [0.15, 0.2) is 11.5 Å². The maximum Gasteiger partial charge on any atom is 0.165 e. The van der Waals surface area contributed by atoms with Crippen LogP contribution in [0.4, 0.5) is 10.2 Å². The van der Waals surface area contributed by atoms with Gasteiger partial charge in [-0.1, -0.05) is 23.4 Å². The topological polar surface area (TPSA) is 78.9 Å². The summed E-state index contributed by atoms with van der Waals surface area (Å²) in [7, 11) is 0. The molecule has 0 aliphatic heterocycles. The number of ether oxygens (including phenoxy) is 1. The van der Waals surface area contributed by atoms with Gasteiger partial charge >= 0.3 is 0 Å². The molecule has 0 saturated heterocycles. The summed E-state index contributed by atoms with van der Waals surface area (Å²) in [5.74, 6) is 1.57. The number of halogens is 1. The Balaban J connectivity index is 1.38. The first-order valence-corrected chi connectivity index (χ1v) is 10.3. The van der Waals surface area contributed by atoms with Crippen molar-refractivity contribution in [3.8, 4) is 39.1 Å². The van der Waals surface area contributed by atoms with E-state index in [4.69, 9.17) is 10.5 Å². The highest BCUT2D eigenvalue weighted by Gasteiger charge is 2.17. The minimum absolute atomic E-state index is 0.286. The van der Waals surface area contributed by atoms with Crippen molar-refractivity contribution in [3.05, 3.63) is 90.1 Å². The van der Waals surface area contributed by atoms with E-state index in [0.717, 1.165) is 22.7 Å². The number of thiazole rings is 1. The van der Waals surface area contributed by atoms with Crippen molar-refractivity contribution in [2.75, 3.05) is 5.73 Å². The smallest absolute Gasteiger partial charge is 0.165 e. The molecular weight excluding hydrogens is 413 g/mol. The van der Waals surface area contributed by atoms with Crippen molar-refractivity contribution in [1.29, 1.82) is 0 Å². The largest absolute Gasteiger partial charge is 0.457 e. The third-order valence-electron chi connectivity index (χ3n) is 4.61. The van der Waals surface area contributed by atoms with Crippen LogP contribution >= 0.6 is 11.3 Å². The normalized spacial score (nSPS) is 10.9. The van der Waals surface area contributed by atoms with Crippen LogP contribution in [0.3, 0.4) is 0 Å². The van der Waals surface area contributed by atoms with Crippen LogP contribution in [0.1, 0.15) is 0 Å². The van der Waals surface area contributed by atoms with Crippen LogP contribution in [-0.2, 0) is 0 Å². The van der Waals surface area contributed by atoms with Crippen LogP contribution in [0.15, 0.2) is 84.2 Å². The minimum Gasteiger partial charge on any atom is -0.457 e. The van der Waals surface area contributed by atoms with Crippen molar-refractivity contribution in [1.82, 2.24) is 20.0 Å². The van der Waals surface area contributed by atoms with Crippen LogP contribution in [0.5, 0.6) is 11.5 Å².